The van der Waals surface area contributed by atoms with Crippen molar-refractivity contribution in [3.63, 3.8) is 0 Å². The van der Waals surface area contributed by atoms with E-state index >= 15 is 0 Å². The Morgan fingerprint density at radius 3 is 2.32 bits per heavy atom. The van der Waals surface area contributed by atoms with Gasteiger partial charge in [0.05, 0.1) is 4.51 Å². The van der Waals surface area contributed by atoms with Gasteiger partial charge < -0.3 is 5.32 Å². The molecule has 3 nitrogen and oxygen atoms in total. The number of benzene rings is 2. The molecule has 0 saturated carbocycles. The molecule has 0 aliphatic rings. The van der Waals surface area contributed by atoms with Crippen molar-refractivity contribution in [3.05, 3.63) is 89.1 Å². The third kappa shape index (κ3) is 2.92. The maximum atomic E-state index is 5.66. The van der Waals surface area contributed by atoms with E-state index in [-0.39, 0.29) is 0 Å². The molecule has 0 radical (unpaired) electrons. The highest BCUT2D eigenvalue weighted by molar-refractivity contribution is 7.71. The Morgan fingerprint density at radius 2 is 1.60 bits per heavy atom. The number of hydrogen-bond acceptors (Lipinski definition) is 3. The highest BCUT2D eigenvalue weighted by Crippen LogP contribution is 2.28. The predicted octanol–water partition coefficient (Wildman–Crippen LogP) is 5.81. The van der Waals surface area contributed by atoms with Crippen molar-refractivity contribution in [1.29, 1.82) is 0 Å². The molecule has 1 N–H and O–H groups in total. The molecule has 0 bridgehead atoms. The summed E-state index contributed by atoms with van der Waals surface area (Å²) >= 11 is 5.66. The fraction of sp³-hybridized carbons (Fsp3) is 0.0476. The molecule has 25 heavy (non-hydrogen) atoms. The first-order valence-corrected chi connectivity index (χ1v) is 8.54. The van der Waals surface area contributed by atoms with E-state index in [0.29, 0.717) is 0 Å². The van der Waals surface area contributed by atoms with Crippen molar-refractivity contribution in [2.45, 2.75) is 6.92 Å². The summed E-state index contributed by atoms with van der Waals surface area (Å²) in [6, 6.07) is 24.3. The highest BCUT2D eigenvalue weighted by Gasteiger charge is 2.12. The summed E-state index contributed by atoms with van der Waals surface area (Å²) in [7, 11) is 0. The molecule has 0 fully saturated rings. The standard InChI is InChI=1S/C21H17N3S/c1-15-12-13-22-21-20(15)18(25)14-19(23-16-8-4-2-5-9-16)24(21)17-10-6-3-7-11-17/h2-14,23H,1H3. The number of para-hydroxylation sites is 2. The van der Waals surface area contributed by atoms with Crippen LogP contribution in [0.1, 0.15) is 5.56 Å². The van der Waals surface area contributed by atoms with Crippen molar-refractivity contribution in [3.8, 4) is 5.69 Å². The van der Waals surface area contributed by atoms with Gasteiger partial charge >= 0.3 is 0 Å². The van der Waals surface area contributed by atoms with Gasteiger partial charge in [0.1, 0.15) is 11.5 Å². The Morgan fingerprint density at radius 1 is 0.920 bits per heavy atom. The third-order valence-electron chi connectivity index (χ3n) is 4.17. The van der Waals surface area contributed by atoms with Crippen LogP contribution in [0.25, 0.3) is 16.7 Å². The number of rotatable bonds is 3. The first-order valence-electron chi connectivity index (χ1n) is 8.13. The molecular weight excluding hydrogens is 326 g/mol. The van der Waals surface area contributed by atoms with Crippen molar-refractivity contribution in [2.24, 2.45) is 0 Å². The molecule has 2 aromatic heterocycles. The van der Waals surface area contributed by atoms with Crippen LogP contribution in [0, 0.1) is 11.4 Å². The van der Waals surface area contributed by atoms with Gasteiger partial charge in [-0.05, 0) is 48.9 Å². The van der Waals surface area contributed by atoms with Crippen LogP contribution in [0.4, 0.5) is 11.5 Å². The van der Waals surface area contributed by atoms with Gasteiger partial charge in [-0.1, -0.05) is 48.6 Å². The lowest BCUT2D eigenvalue weighted by molar-refractivity contribution is 1.07. The second kappa shape index (κ2) is 6.49. The SMILES string of the molecule is Cc1ccnc2c1c(=S)cc(Nc1ccccc1)n2-c1ccccc1. The van der Waals surface area contributed by atoms with Gasteiger partial charge in [-0.3, -0.25) is 4.57 Å². The van der Waals surface area contributed by atoms with E-state index in [1.807, 2.05) is 66.9 Å². The van der Waals surface area contributed by atoms with E-state index < -0.39 is 0 Å². The number of nitrogens with one attached hydrogen (secondary N) is 1. The van der Waals surface area contributed by atoms with Crippen LogP contribution in [0.5, 0.6) is 0 Å². The van der Waals surface area contributed by atoms with Gasteiger partial charge in [0.15, 0.2) is 0 Å². The van der Waals surface area contributed by atoms with Gasteiger partial charge in [0, 0.05) is 23.0 Å². The number of fused-ring (bicyclic) bond motifs is 1. The van der Waals surface area contributed by atoms with Crippen molar-refractivity contribution < 1.29 is 0 Å². The Bertz CT molecular complexity index is 1090. The molecule has 0 atom stereocenters. The van der Waals surface area contributed by atoms with Crippen LogP contribution in [0.15, 0.2) is 79.0 Å². The fourth-order valence-corrected chi connectivity index (χ4v) is 3.36. The molecule has 0 aliphatic heterocycles. The van der Waals surface area contributed by atoms with E-state index in [4.69, 9.17) is 12.2 Å². The first kappa shape index (κ1) is 15.5. The van der Waals surface area contributed by atoms with Crippen LogP contribution >= 0.6 is 12.2 Å². The van der Waals surface area contributed by atoms with E-state index in [0.717, 1.165) is 38.3 Å². The summed E-state index contributed by atoms with van der Waals surface area (Å²) < 4.78 is 2.91. The summed E-state index contributed by atoms with van der Waals surface area (Å²) in [4.78, 5) is 4.64. The molecule has 122 valence electrons. The molecule has 2 heterocycles. The van der Waals surface area contributed by atoms with Crippen LogP contribution in [-0.4, -0.2) is 9.55 Å². The summed E-state index contributed by atoms with van der Waals surface area (Å²) in [6.45, 7) is 2.07. The molecule has 0 aliphatic carbocycles. The van der Waals surface area contributed by atoms with Gasteiger partial charge in [0.25, 0.3) is 0 Å². The molecule has 4 rings (SSSR count). The highest BCUT2D eigenvalue weighted by atomic mass is 32.1. The monoisotopic (exact) mass is 343 g/mol. The zero-order valence-corrected chi connectivity index (χ0v) is 14.6. The largest absolute Gasteiger partial charge is 0.341 e. The van der Waals surface area contributed by atoms with Crippen molar-refractivity contribution >= 4 is 34.8 Å². The van der Waals surface area contributed by atoms with Crippen LogP contribution in [0.2, 0.25) is 0 Å². The molecular formula is C21H17N3S. The number of anilines is 2. The number of pyridine rings is 2. The van der Waals surface area contributed by atoms with Crippen LogP contribution in [-0.2, 0) is 0 Å². The molecule has 0 amide bonds. The number of aromatic nitrogens is 2. The fourth-order valence-electron chi connectivity index (χ4n) is 2.99. The van der Waals surface area contributed by atoms with Gasteiger partial charge in [-0.2, -0.15) is 0 Å². The topological polar surface area (TPSA) is 29.9 Å². The van der Waals surface area contributed by atoms with Crippen LogP contribution < -0.4 is 5.32 Å². The molecule has 0 unspecified atom stereocenters. The van der Waals surface area contributed by atoms with Crippen molar-refractivity contribution in [2.75, 3.05) is 5.32 Å². The minimum absolute atomic E-state index is 0.797. The maximum absolute atomic E-state index is 5.66. The predicted molar refractivity (Wildman–Crippen MR) is 106 cm³/mol. The van der Waals surface area contributed by atoms with E-state index in [9.17, 15) is 0 Å². The summed E-state index contributed by atoms with van der Waals surface area (Å²) in [5.41, 5.74) is 4.04. The van der Waals surface area contributed by atoms with Gasteiger partial charge in [-0.15, -0.1) is 0 Å². The normalized spacial score (nSPS) is 10.8. The minimum Gasteiger partial charge on any atom is -0.341 e. The smallest absolute Gasteiger partial charge is 0.147 e. The number of aryl methyl sites for hydroxylation is 1. The maximum Gasteiger partial charge on any atom is 0.147 e. The summed E-state index contributed by atoms with van der Waals surface area (Å²) in [5, 5.41) is 4.49. The average molecular weight is 343 g/mol. The Balaban J connectivity index is 2.03. The lowest BCUT2D eigenvalue weighted by Gasteiger charge is -2.18. The Kier molecular flexibility index (Phi) is 4.04. The second-order valence-electron chi connectivity index (χ2n) is 5.88. The van der Waals surface area contributed by atoms with Crippen molar-refractivity contribution in [1.82, 2.24) is 9.55 Å². The molecule has 4 heteroatoms. The van der Waals surface area contributed by atoms with E-state index in [1.54, 1.807) is 0 Å². The number of hydrogen-bond donors (Lipinski definition) is 1. The quantitative estimate of drug-likeness (QED) is 0.476. The van der Waals surface area contributed by atoms with Gasteiger partial charge in [-0.25, -0.2) is 4.98 Å². The average Bonchev–Trinajstić information content (AvgIpc) is 2.63. The molecule has 0 saturated heterocycles. The lowest BCUT2D eigenvalue weighted by Crippen LogP contribution is -2.07. The molecule has 4 aromatic rings. The molecule has 0 spiro atoms. The Hall–Kier alpha value is -2.98. The van der Waals surface area contributed by atoms with Crippen LogP contribution in [0.3, 0.4) is 0 Å². The lowest BCUT2D eigenvalue weighted by atomic mass is 10.1. The summed E-state index contributed by atoms with van der Waals surface area (Å²) in [6.07, 6.45) is 1.83. The second-order valence-corrected chi connectivity index (χ2v) is 6.32. The van der Waals surface area contributed by atoms with E-state index in [1.165, 1.54) is 0 Å². The summed E-state index contributed by atoms with van der Waals surface area (Å²) in [5.74, 6) is 0.896. The Labute approximate surface area is 151 Å². The van der Waals surface area contributed by atoms with E-state index in [2.05, 4.69) is 33.9 Å². The zero-order valence-electron chi connectivity index (χ0n) is 13.8. The third-order valence-corrected chi connectivity index (χ3v) is 4.49. The minimum atomic E-state index is 0.797. The molecule has 2 aromatic carbocycles. The first-order chi connectivity index (χ1) is 12.2. The van der Waals surface area contributed by atoms with Gasteiger partial charge in [0.2, 0.25) is 0 Å². The number of nitrogens with zero attached hydrogens (tertiary/aromatic N) is 2. The zero-order chi connectivity index (χ0) is 17.2.